The zero-order valence-corrected chi connectivity index (χ0v) is 9.58. The Bertz CT molecular complexity index is 338. The van der Waals surface area contributed by atoms with E-state index in [4.69, 9.17) is 9.84 Å². The van der Waals surface area contributed by atoms with Crippen LogP contribution in [0.1, 0.15) is 5.69 Å². The van der Waals surface area contributed by atoms with Gasteiger partial charge in [-0.2, -0.15) is 0 Å². The van der Waals surface area contributed by atoms with Crippen LogP contribution in [0.5, 0.6) is 0 Å². The molecule has 0 spiro atoms. The number of hydrogen-bond acceptors (Lipinski definition) is 4. The Labute approximate surface area is 92.5 Å². The highest BCUT2D eigenvalue weighted by Crippen LogP contribution is 2.17. The summed E-state index contributed by atoms with van der Waals surface area (Å²) in [5.74, 6) is -0.803. The van der Waals surface area contributed by atoms with Crippen LogP contribution >= 0.6 is 11.8 Å². The Morgan fingerprint density at radius 2 is 2.47 bits per heavy atom. The molecule has 1 aromatic rings. The molecule has 0 aliphatic carbocycles. The molecule has 0 bridgehead atoms. The molecule has 15 heavy (non-hydrogen) atoms. The number of imidazole rings is 1. The van der Waals surface area contributed by atoms with E-state index in [0.29, 0.717) is 13.2 Å². The number of carbonyl (C=O) groups is 1. The average Bonchev–Trinajstić information content (AvgIpc) is 2.53. The first-order chi connectivity index (χ1) is 7.15. The van der Waals surface area contributed by atoms with Gasteiger partial charge in [0.05, 0.1) is 12.4 Å². The molecule has 6 heteroatoms. The van der Waals surface area contributed by atoms with Crippen molar-refractivity contribution in [2.45, 2.75) is 18.6 Å². The van der Waals surface area contributed by atoms with Crippen molar-refractivity contribution in [3.63, 3.8) is 0 Å². The number of nitrogens with zero attached hydrogens (tertiary/aromatic N) is 2. The third-order valence-corrected chi connectivity index (χ3v) is 2.84. The third kappa shape index (κ3) is 3.56. The summed E-state index contributed by atoms with van der Waals surface area (Å²) in [4.78, 5) is 14.6. The second-order valence-electron chi connectivity index (χ2n) is 3.01. The van der Waals surface area contributed by atoms with Crippen molar-refractivity contribution in [1.82, 2.24) is 9.55 Å². The lowest BCUT2D eigenvalue weighted by atomic mass is 10.5. The summed E-state index contributed by atoms with van der Waals surface area (Å²) in [6, 6.07) is 0. The molecule has 0 saturated heterocycles. The molecule has 0 radical (unpaired) electrons. The summed E-state index contributed by atoms with van der Waals surface area (Å²) in [6.07, 6.45) is 1.74. The fraction of sp³-hybridized carbons (Fsp3) is 0.556. The first kappa shape index (κ1) is 12.1. The molecule has 0 fully saturated rings. The van der Waals surface area contributed by atoms with Crippen molar-refractivity contribution in [3.8, 4) is 0 Å². The predicted molar refractivity (Wildman–Crippen MR) is 57.2 cm³/mol. The number of thioether (sulfide) groups is 1. The molecule has 1 N–H and O–H groups in total. The molecular weight excluding hydrogens is 216 g/mol. The van der Waals surface area contributed by atoms with Crippen LogP contribution in [-0.4, -0.2) is 40.1 Å². The third-order valence-electron chi connectivity index (χ3n) is 1.86. The number of hydrogen-bond donors (Lipinski definition) is 1. The molecule has 84 valence electrons. The quantitative estimate of drug-likeness (QED) is 0.739. The van der Waals surface area contributed by atoms with E-state index in [-0.39, 0.29) is 5.75 Å². The van der Waals surface area contributed by atoms with Crippen LogP contribution in [0.25, 0.3) is 0 Å². The summed E-state index contributed by atoms with van der Waals surface area (Å²) in [7, 11) is 1.64. The first-order valence-corrected chi connectivity index (χ1v) is 5.49. The topological polar surface area (TPSA) is 64.4 Å². The number of ether oxygens (including phenoxy) is 1. The maximum Gasteiger partial charge on any atom is 0.313 e. The van der Waals surface area contributed by atoms with Crippen molar-refractivity contribution >= 4 is 17.7 Å². The number of carboxylic acid groups (broad SMARTS) is 1. The van der Waals surface area contributed by atoms with Crippen molar-refractivity contribution in [1.29, 1.82) is 0 Å². The fourth-order valence-corrected chi connectivity index (χ4v) is 1.91. The number of aromatic nitrogens is 2. The van der Waals surface area contributed by atoms with Crippen molar-refractivity contribution in [3.05, 3.63) is 11.9 Å². The second-order valence-corrected chi connectivity index (χ2v) is 3.95. The lowest BCUT2D eigenvalue weighted by Crippen LogP contribution is -2.08. The molecular formula is C9H14N2O3S. The highest BCUT2D eigenvalue weighted by molar-refractivity contribution is 7.99. The Morgan fingerprint density at radius 1 is 1.73 bits per heavy atom. The summed E-state index contributed by atoms with van der Waals surface area (Å²) in [5, 5.41) is 9.29. The summed E-state index contributed by atoms with van der Waals surface area (Å²) in [6.45, 7) is 3.23. The van der Waals surface area contributed by atoms with Gasteiger partial charge >= 0.3 is 5.97 Å². The minimum Gasteiger partial charge on any atom is -0.481 e. The van der Waals surface area contributed by atoms with E-state index in [1.54, 1.807) is 13.3 Å². The standard InChI is InChI=1S/C9H14N2O3S/c1-7-5-10-9(15-6-8(12)13)11(7)3-4-14-2/h5H,3-4,6H2,1-2H3,(H,12,13). The van der Waals surface area contributed by atoms with E-state index in [0.717, 1.165) is 10.9 Å². The van der Waals surface area contributed by atoms with Gasteiger partial charge in [0.2, 0.25) is 0 Å². The smallest absolute Gasteiger partial charge is 0.313 e. The van der Waals surface area contributed by atoms with Crippen LogP contribution < -0.4 is 0 Å². The summed E-state index contributed by atoms with van der Waals surface area (Å²) >= 11 is 1.22. The van der Waals surface area contributed by atoms with Gasteiger partial charge < -0.3 is 14.4 Å². The first-order valence-electron chi connectivity index (χ1n) is 4.50. The van der Waals surface area contributed by atoms with E-state index in [9.17, 15) is 4.79 Å². The van der Waals surface area contributed by atoms with Crippen LogP contribution in [-0.2, 0) is 16.1 Å². The Hall–Kier alpha value is -1.01. The van der Waals surface area contributed by atoms with Gasteiger partial charge in [-0.3, -0.25) is 4.79 Å². The van der Waals surface area contributed by atoms with Gasteiger partial charge in [-0.1, -0.05) is 11.8 Å². The van der Waals surface area contributed by atoms with Crippen LogP contribution in [0.4, 0.5) is 0 Å². The van der Waals surface area contributed by atoms with Gasteiger partial charge in [0.25, 0.3) is 0 Å². The number of methoxy groups -OCH3 is 1. The SMILES string of the molecule is COCCn1c(C)cnc1SCC(=O)O. The Kier molecular flexibility index (Phi) is 4.64. The highest BCUT2D eigenvalue weighted by atomic mass is 32.2. The van der Waals surface area contributed by atoms with Gasteiger partial charge in [0, 0.05) is 25.5 Å². The largest absolute Gasteiger partial charge is 0.481 e. The second kappa shape index (κ2) is 5.77. The highest BCUT2D eigenvalue weighted by Gasteiger charge is 2.08. The molecule has 0 atom stereocenters. The van der Waals surface area contributed by atoms with Crippen LogP contribution in [0.2, 0.25) is 0 Å². The average molecular weight is 230 g/mol. The van der Waals surface area contributed by atoms with Crippen molar-refractivity contribution in [2.24, 2.45) is 0 Å². The monoisotopic (exact) mass is 230 g/mol. The van der Waals surface area contributed by atoms with Crippen LogP contribution in [0.15, 0.2) is 11.4 Å². The molecule has 0 aliphatic heterocycles. The molecule has 0 saturated carbocycles. The van der Waals surface area contributed by atoms with E-state index in [2.05, 4.69) is 4.98 Å². The normalized spacial score (nSPS) is 10.5. The van der Waals surface area contributed by atoms with E-state index in [1.807, 2.05) is 11.5 Å². The summed E-state index contributed by atoms with van der Waals surface area (Å²) in [5.41, 5.74) is 1.01. The van der Waals surface area contributed by atoms with E-state index in [1.165, 1.54) is 11.8 Å². The molecule has 0 aromatic carbocycles. The number of aliphatic carboxylic acids is 1. The van der Waals surface area contributed by atoms with Gasteiger partial charge in [0.15, 0.2) is 5.16 Å². The van der Waals surface area contributed by atoms with Crippen LogP contribution in [0, 0.1) is 6.92 Å². The van der Waals surface area contributed by atoms with Crippen molar-refractivity contribution in [2.75, 3.05) is 19.5 Å². The Morgan fingerprint density at radius 3 is 3.07 bits per heavy atom. The minimum absolute atomic E-state index is 0.0312. The fourth-order valence-electron chi connectivity index (χ4n) is 1.13. The van der Waals surface area contributed by atoms with Gasteiger partial charge in [-0.05, 0) is 6.92 Å². The van der Waals surface area contributed by atoms with E-state index < -0.39 is 5.97 Å². The summed E-state index contributed by atoms with van der Waals surface area (Å²) < 4.78 is 6.93. The zero-order valence-electron chi connectivity index (χ0n) is 8.77. The molecule has 0 unspecified atom stereocenters. The molecule has 5 nitrogen and oxygen atoms in total. The van der Waals surface area contributed by atoms with Gasteiger partial charge in [0.1, 0.15) is 0 Å². The zero-order chi connectivity index (χ0) is 11.3. The molecule has 0 amide bonds. The van der Waals surface area contributed by atoms with Gasteiger partial charge in [-0.25, -0.2) is 4.98 Å². The molecule has 1 rings (SSSR count). The molecule has 1 aromatic heterocycles. The number of carboxylic acids is 1. The van der Waals surface area contributed by atoms with Gasteiger partial charge in [-0.15, -0.1) is 0 Å². The molecule has 0 aliphatic rings. The maximum atomic E-state index is 10.4. The number of rotatable bonds is 6. The molecule has 1 heterocycles. The number of aryl methyl sites for hydroxylation is 1. The minimum atomic E-state index is -0.834. The Balaban J connectivity index is 2.65. The van der Waals surface area contributed by atoms with Crippen LogP contribution in [0.3, 0.4) is 0 Å². The maximum absolute atomic E-state index is 10.4. The lowest BCUT2D eigenvalue weighted by molar-refractivity contribution is -0.133. The predicted octanol–water partition coefficient (Wildman–Crippen LogP) is 1.01. The van der Waals surface area contributed by atoms with E-state index >= 15 is 0 Å². The lowest BCUT2D eigenvalue weighted by Gasteiger charge is -2.07. The van der Waals surface area contributed by atoms with Crippen molar-refractivity contribution < 1.29 is 14.6 Å².